The van der Waals surface area contributed by atoms with Gasteiger partial charge in [-0.05, 0) is 42.7 Å². The number of carbonyl (C=O) groups excluding carboxylic acids is 1. The minimum absolute atomic E-state index is 0.0952. The maximum atomic E-state index is 12.4. The van der Waals surface area contributed by atoms with Crippen LogP contribution in [0.1, 0.15) is 32.2 Å². The van der Waals surface area contributed by atoms with Crippen molar-refractivity contribution in [3.63, 3.8) is 0 Å². The Morgan fingerprint density at radius 1 is 1.25 bits per heavy atom. The lowest BCUT2D eigenvalue weighted by Crippen LogP contribution is -2.26. The highest BCUT2D eigenvalue weighted by Crippen LogP contribution is 2.35. The van der Waals surface area contributed by atoms with Crippen molar-refractivity contribution >= 4 is 39.8 Å². The van der Waals surface area contributed by atoms with Crippen LogP contribution < -0.4 is 10.9 Å². The molecular formula is C20H20ClN5O2. The van der Waals surface area contributed by atoms with Crippen LogP contribution in [0.15, 0.2) is 41.3 Å². The van der Waals surface area contributed by atoms with E-state index >= 15 is 0 Å². The van der Waals surface area contributed by atoms with Crippen LogP contribution >= 0.6 is 11.6 Å². The van der Waals surface area contributed by atoms with Gasteiger partial charge in [0.2, 0.25) is 0 Å². The molecule has 0 amide bonds. The van der Waals surface area contributed by atoms with Gasteiger partial charge in [-0.2, -0.15) is 5.10 Å². The molecule has 0 aliphatic heterocycles. The van der Waals surface area contributed by atoms with E-state index in [1.54, 1.807) is 18.3 Å². The summed E-state index contributed by atoms with van der Waals surface area (Å²) in [6.07, 6.45) is 3.48. The Kier molecular flexibility index (Phi) is 5.81. The standard InChI is InChI=1S/C19H19ClN4O2.CHN/c1-11-10-14(25)6-7-15(11)24-16-8-9-21-19(26)17(16)18(23-24)22-13-4-2-12(20)3-5-13;1-2/h2-5,8-9,11,15H,6-7,10H2,1H3,(H,21,26)(H,22,23);1H. The van der Waals surface area contributed by atoms with Gasteiger partial charge >= 0.3 is 0 Å². The first-order valence-electron chi connectivity index (χ1n) is 8.93. The minimum atomic E-state index is -0.190. The van der Waals surface area contributed by atoms with Gasteiger partial charge in [0.1, 0.15) is 11.2 Å². The first-order valence-corrected chi connectivity index (χ1v) is 9.31. The molecule has 0 bridgehead atoms. The molecule has 2 aromatic heterocycles. The number of halogens is 1. The van der Waals surface area contributed by atoms with Gasteiger partial charge in [-0.25, -0.2) is 5.26 Å². The fourth-order valence-corrected chi connectivity index (χ4v) is 3.79. The number of aromatic amines is 1. The Bertz CT molecular complexity index is 1070. The second kappa shape index (κ2) is 8.28. The van der Waals surface area contributed by atoms with E-state index in [0.717, 1.165) is 17.6 Å². The summed E-state index contributed by atoms with van der Waals surface area (Å²) in [6, 6.07) is 9.19. The summed E-state index contributed by atoms with van der Waals surface area (Å²) in [4.78, 5) is 26.9. The predicted molar refractivity (Wildman–Crippen MR) is 109 cm³/mol. The van der Waals surface area contributed by atoms with Gasteiger partial charge in [-0.3, -0.25) is 14.3 Å². The first-order chi connectivity index (χ1) is 13.5. The fourth-order valence-electron chi connectivity index (χ4n) is 3.66. The van der Waals surface area contributed by atoms with Gasteiger partial charge < -0.3 is 10.3 Å². The molecular weight excluding hydrogens is 378 g/mol. The lowest BCUT2D eigenvalue weighted by molar-refractivity contribution is -0.122. The van der Waals surface area contributed by atoms with Crippen molar-refractivity contribution in [3.8, 4) is 6.57 Å². The summed E-state index contributed by atoms with van der Waals surface area (Å²) < 4.78 is 1.90. The molecule has 4 rings (SSSR count). The third-order valence-corrected chi connectivity index (χ3v) is 5.23. The number of aromatic nitrogens is 3. The zero-order valence-corrected chi connectivity index (χ0v) is 16.1. The lowest BCUT2D eigenvalue weighted by atomic mass is 9.85. The van der Waals surface area contributed by atoms with E-state index in [4.69, 9.17) is 22.0 Å². The van der Waals surface area contributed by atoms with Crippen molar-refractivity contribution in [3.05, 3.63) is 51.9 Å². The zero-order chi connectivity index (χ0) is 20.3. The molecule has 144 valence electrons. The average molecular weight is 398 g/mol. The zero-order valence-electron chi connectivity index (χ0n) is 15.4. The monoisotopic (exact) mass is 397 g/mol. The Balaban J connectivity index is 0.00000109. The first kappa shape index (κ1) is 19.6. The predicted octanol–water partition coefficient (Wildman–Crippen LogP) is 4.19. The number of H-pyrrole nitrogens is 1. The largest absolute Gasteiger partial charge is 0.338 e. The maximum Gasteiger partial charge on any atom is 0.261 e. The van der Waals surface area contributed by atoms with Gasteiger partial charge in [0, 0.05) is 36.3 Å². The second-order valence-corrected chi connectivity index (χ2v) is 7.25. The van der Waals surface area contributed by atoms with Crippen molar-refractivity contribution in [2.45, 2.75) is 32.2 Å². The van der Waals surface area contributed by atoms with Crippen molar-refractivity contribution in [1.29, 1.82) is 5.26 Å². The number of nitrogens with one attached hydrogen (secondary N) is 2. The van der Waals surface area contributed by atoms with Crippen LogP contribution in [0.4, 0.5) is 11.5 Å². The number of hydrogen-bond donors (Lipinski definition) is 2. The number of nitriles is 1. The Hall–Kier alpha value is -3.11. The van der Waals surface area contributed by atoms with Gasteiger partial charge in [0.15, 0.2) is 5.82 Å². The molecule has 3 aromatic rings. The average Bonchev–Trinajstić information content (AvgIpc) is 3.05. The van der Waals surface area contributed by atoms with Gasteiger partial charge in [0.05, 0.1) is 11.6 Å². The topological polar surface area (TPSA) is 104 Å². The van der Waals surface area contributed by atoms with E-state index in [1.165, 1.54) is 0 Å². The molecule has 2 N–H and O–H groups in total. The highest BCUT2D eigenvalue weighted by Gasteiger charge is 2.30. The molecule has 28 heavy (non-hydrogen) atoms. The number of ketones is 1. The van der Waals surface area contributed by atoms with Gasteiger partial charge in [0.25, 0.3) is 5.56 Å². The number of Topliss-reactive ketones (excluding diaryl/α,β-unsaturated/α-hetero) is 1. The van der Waals surface area contributed by atoms with Crippen LogP contribution in [0.2, 0.25) is 5.02 Å². The minimum Gasteiger partial charge on any atom is -0.338 e. The summed E-state index contributed by atoms with van der Waals surface area (Å²) in [5.74, 6) is 0.984. The highest BCUT2D eigenvalue weighted by atomic mass is 35.5. The third-order valence-electron chi connectivity index (χ3n) is 4.98. The van der Waals surface area contributed by atoms with E-state index in [1.807, 2.05) is 22.9 Å². The number of pyridine rings is 1. The molecule has 0 radical (unpaired) electrons. The van der Waals surface area contributed by atoms with Crippen LogP contribution in [-0.2, 0) is 4.79 Å². The molecule has 2 atom stereocenters. The van der Waals surface area contributed by atoms with Crippen molar-refractivity contribution < 1.29 is 4.79 Å². The summed E-state index contributed by atoms with van der Waals surface area (Å²) >= 11 is 5.94. The molecule has 1 saturated carbocycles. The third kappa shape index (κ3) is 3.78. The molecule has 2 unspecified atom stereocenters. The highest BCUT2D eigenvalue weighted by molar-refractivity contribution is 6.30. The Morgan fingerprint density at radius 3 is 2.64 bits per heavy atom. The van der Waals surface area contributed by atoms with Crippen LogP contribution in [-0.4, -0.2) is 20.5 Å². The van der Waals surface area contributed by atoms with Crippen molar-refractivity contribution in [2.75, 3.05) is 5.32 Å². The van der Waals surface area contributed by atoms with Crippen molar-refractivity contribution in [2.24, 2.45) is 5.92 Å². The molecule has 1 aromatic carbocycles. The van der Waals surface area contributed by atoms with E-state index in [2.05, 4.69) is 23.8 Å². The normalized spacial score (nSPS) is 19.1. The van der Waals surface area contributed by atoms with E-state index < -0.39 is 0 Å². The number of nitrogens with zero attached hydrogens (tertiary/aromatic N) is 3. The maximum absolute atomic E-state index is 12.4. The smallest absolute Gasteiger partial charge is 0.261 e. The summed E-state index contributed by atoms with van der Waals surface area (Å²) in [5.41, 5.74) is 1.39. The summed E-state index contributed by atoms with van der Waals surface area (Å²) in [6.45, 7) is 5.56. The molecule has 2 heterocycles. The molecule has 1 aliphatic carbocycles. The molecule has 7 nitrogen and oxygen atoms in total. The van der Waals surface area contributed by atoms with Crippen molar-refractivity contribution in [1.82, 2.24) is 14.8 Å². The lowest BCUT2D eigenvalue weighted by Gasteiger charge is -2.28. The summed E-state index contributed by atoms with van der Waals surface area (Å²) in [7, 11) is 0. The molecule has 8 heteroatoms. The van der Waals surface area contributed by atoms with Crippen LogP contribution in [0.5, 0.6) is 0 Å². The number of hydrogen-bond acceptors (Lipinski definition) is 5. The van der Waals surface area contributed by atoms with Crippen LogP contribution in [0, 0.1) is 17.8 Å². The SMILES string of the molecule is C#N.CC1CC(=O)CCC1n1nc(Nc2ccc(Cl)cc2)c2c(=O)[nH]ccc21. The number of rotatable bonds is 3. The number of carbonyl (C=O) groups is 1. The molecule has 0 spiro atoms. The number of anilines is 2. The Labute approximate surface area is 166 Å². The van der Waals surface area contributed by atoms with Crippen LogP contribution in [0.25, 0.3) is 10.9 Å². The second-order valence-electron chi connectivity index (χ2n) is 6.82. The van der Waals surface area contributed by atoms with E-state index in [-0.39, 0.29) is 17.5 Å². The van der Waals surface area contributed by atoms with E-state index in [9.17, 15) is 9.59 Å². The quantitative estimate of drug-likeness (QED) is 0.689. The molecule has 1 fully saturated rings. The van der Waals surface area contributed by atoms with Gasteiger partial charge in [-0.1, -0.05) is 18.5 Å². The van der Waals surface area contributed by atoms with E-state index in [0.29, 0.717) is 34.9 Å². The number of benzene rings is 1. The Morgan fingerprint density at radius 2 is 1.96 bits per heavy atom. The molecule has 0 saturated heterocycles. The fraction of sp³-hybridized carbons (Fsp3) is 0.300. The summed E-state index contributed by atoms with van der Waals surface area (Å²) in [5, 5.41) is 15.6. The van der Waals surface area contributed by atoms with Crippen LogP contribution in [0.3, 0.4) is 0 Å². The van der Waals surface area contributed by atoms with Gasteiger partial charge in [-0.15, -0.1) is 0 Å². The number of fused-ring (bicyclic) bond motifs is 1. The molecule has 1 aliphatic rings.